The average Bonchev–Trinajstić information content (AvgIpc) is 2.65. The van der Waals surface area contributed by atoms with Gasteiger partial charge in [0.1, 0.15) is 11.8 Å². The SMILES string of the molecule is COc1ccc(C(=O)NC(C(=O)NC(C)c2ccccc2Br)C(C)C)cc1. The Morgan fingerprint density at radius 1 is 0.963 bits per heavy atom. The van der Waals surface area contributed by atoms with Gasteiger partial charge in [0.25, 0.3) is 5.91 Å². The number of carbonyl (C=O) groups is 2. The first kappa shape index (κ1) is 21.0. The molecule has 0 fully saturated rings. The lowest BCUT2D eigenvalue weighted by Crippen LogP contribution is -2.50. The zero-order chi connectivity index (χ0) is 20.0. The third kappa shape index (κ3) is 5.57. The van der Waals surface area contributed by atoms with Crippen LogP contribution in [0.5, 0.6) is 5.75 Å². The molecule has 0 aliphatic carbocycles. The fourth-order valence-corrected chi connectivity index (χ4v) is 3.34. The summed E-state index contributed by atoms with van der Waals surface area (Å²) in [5.41, 5.74) is 1.46. The fraction of sp³-hybridized carbons (Fsp3) is 0.333. The van der Waals surface area contributed by atoms with Crippen molar-refractivity contribution in [2.24, 2.45) is 5.92 Å². The van der Waals surface area contributed by atoms with Crippen LogP contribution in [0.15, 0.2) is 53.0 Å². The lowest BCUT2D eigenvalue weighted by molar-refractivity contribution is -0.124. The van der Waals surface area contributed by atoms with Crippen LogP contribution in [0.25, 0.3) is 0 Å². The van der Waals surface area contributed by atoms with Crippen LogP contribution in [0.4, 0.5) is 0 Å². The van der Waals surface area contributed by atoms with E-state index in [1.54, 1.807) is 31.4 Å². The third-order valence-corrected chi connectivity index (χ3v) is 5.04. The van der Waals surface area contributed by atoms with Gasteiger partial charge < -0.3 is 15.4 Å². The topological polar surface area (TPSA) is 67.4 Å². The predicted molar refractivity (Wildman–Crippen MR) is 110 cm³/mol. The average molecular weight is 433 g/mol. The van der Waals surface area contributed by atoms with E-state index >= 15 is 0 Å². The van der Waals surface area contributed by atoms with Gasteiger partial charge in [0.05, 0.1) is 13.2 Å². The molecule has 0 aromatic heterocycles. The van der Waals surface area contributed by atoms with E-state index in [2.05, 4.69) is 26.6 Å². The van der Waals surface area contributed by atoms with E-state index in [0.29, 0.717) is 11.3 Å². The van der Waals surface area contributed by atoms with Crippen molar-refractivity contribution in [3.05, 3.63) is 64.1 Å². The van der Waals surface area contributed by atoms with Gasteiger partial charge >= 0.3 is 0 Å². The summed E-state index contributed by atoms with van der Waals surface area (Å²) < 4.78 is 6.03. The molecule has 5 nitrogen and oxygen atoms in total. The normalized spacial score (nSPS) is 13.0. The predicted octanol–water partition coefficient (Wildman–Crippen LogP) is 4.09. The minimum Gasteiger partial charge on any atom is -0.497 e. The van der Waals surface area contributed by atoms with Crippen LogP contribution in [0.1, 0.15) is 42.7 Å². The number of rotatable bonds is 7. The summed E-state index contributed by atoms with van der Waals surface area (Å²) in [6, 6.07) is 13.7. The van der Waals surface area contributed by atoms with Gasteiger partial charge in [0.15, 0.2) is 0 Å². The highest BCUT2D eigenvalue weighted by atomic mass is 79.9. The van der Waals surface area contributed by atoms with Gasteiger partial charge in [-0.05, 0) is 48.7 Å². The van der Waals surface area contributed by atoms with Crippen LogP contribution in [-0.4, -0.2) is 25.0 Å². The standard InChI is InChI=1S/C21H25BrN2O3/c1-13(2)19(24-20(25)15-9-11-16(27-4)12-10-15)21(26)23-14(3)17-7-5-6-8-18(17)22/h5-14,19H,1-4H3,(H,23,26)(H,24,25). The van der Waals surface area contributed by atoms with Crippen molar-refractivity contribution >= 4 is 27.7 Å². The molecule has 6 heteroatoms. The Hall–Kier alpha value is -2.34. The van der Waals surface area contributed by atoms with Crippen LogP contribution >= 0.6 is 15.9 Å². The van der Waals surface area contributed by atoms with Crippen molar-refractivity contribution in [3.8, 4) is 5.75 Å². The van der Waals surface area contributed by atoms with Crippen molar-refractivity contribution in [1.29, 1.82) is 0 Å². The molecule has 0 saturated carbocycles. The number of amides is 2. The second-order valence-corrected chi connectivity index (χ2v) is 7.53. The quantitative estimate of drug-likeness (QED) is 0.691. The molecule has 0 radical (unpaired) electrons. The first-order valence-corrected chi connectivity index (χ1v) is 9.62. The van der Waals surface area contributed by atoms with Crippen LogP contribution in [0.3, 0.4) is 0 Å². The molecule has 27 heavy (non-hydrogen) atoms. The summed E-state index contributed by atoms with van der Waals surface area (Å²) in [6.45, 7) is 5.73. The van der Waals surface area contributed by atoms with Gasteiger partial charge in [-0.15, -0.1) is 0 Å². The van der Waals surface area contributed by atoms with E-state index in [4.69, 9.17) is 4.74 Å². The molecular weight excluding hydrogens is 408 g/mol. The summed E-state index contributed by atoms with van der Waals surface area (Å²) in [4.78, 5) is 25.3. The lowest BCUT2D eigenvalue weighted by Gasteiger charge is -2.24. The summed E-state index contributed by atoms with van der Waals surface area (Å²) >= 11 is 3.50. The molecule has 0 spiro atoms. The molecule has 0 aliphatic heterocycles. The first-order valence-electron chi connectivity index (χ1n) is 8.83. The second kappa shape index (κ2) is 9.55. The highest BCUT2D eigenvalue weighted by Gasteiger charge is 2.26. The maximum absolute atomic E-state index is 12.8. The minimum absolute atomic E-state index is 0.0568. The second-order valence-electron chi connectivity index (χ2n) is 6.68. The van der Waals surface area contributed by atoms with Crippen LogP contribution < -0.4 is 15.4 Å². The van der Waals surface area contributed by atoms with E-state index in [9.17, 15) is 9.59 Å². The number of hydrogen-bond donors (Lipinski definition) is 2. The monoisotopic (exact) mass is 432 g/mol. The Morgan fingerprint density at radius 3 is 2.15 bits per heavy atom. The molecule has 2 atom stereocenters. The number of ether oxygens (including phenoxy) is 1. The number of benzene rings is 2. The van der Waals surface area contributed by atoms with Crippen molar-refractivity contribution in [3.63, 3.8) is 0 Å². The molecule has 2 aromatic carbocycles. The van der Waals surface area contributed by atoms with Gasteiger partial charge in [0, 0.05) is 10.0 Å². The Labute approximate surface area is 168 Å². The van der Waals surface area contributed by atoms with Crippen molar-refractivity contribution in [2.45, 2.75) is 32.9 Å². The Bertz CT molecular complexity index is 790. The van der Waals surface area contributed by atoms with Gasteiger partial charge in [-0.25, -0.2) is 0 Å². The molecule has 2 N–H and O–H groups in total. The Morgan fingerprint density at radius 2 is 1.59 bits per heavy atom. The molecule has 2 rings (SSSR count). The molecule has 144 valence electrons. The van der Waals surface area contributed by atoms with Crippen molar-refractivity contribution in [1.82, 2.24) is 10.6 Å². The highest BCUT2D eigenvalue weighted by molar-refractivity contribution is 9.10. The number of carbonyl (C=O) groups excluding carboxylic acids is 2. The molecule has 2 aromatic rings. The maximum Gasteiger partial charge on any atom is 0.251 e. The van der Waals surface area contributed by atoms with E-state index in [-0.39, 0.29) is 23.8 Å². The summed E-state index contributed by atoms with van der Waals surface area (Å²) in [5.74, 6) is 0.112. The fourth-order valence-electron chi connectivity index (χ4n) is 2.71. The van der Waals surface area contributed by atoms with E-state index in [1.807, 2.05) is 45.0 Å². The van der Waals surface area contributed by atoms with Crippen LogP contribution in [0, 0.1) is 5.92 Å². The highest BCUT2D eigenvalue weighted by Crippen LogP contribution is 2.23. The number of nitrogens with one attached hydrogen (secondary N) is 2. The van der Waals surface area contributed by atoms with Gasteiger partial charge in [-0.3, -0.25) is 9.59 Å². The number of halogens is 1. The largest absolute Gasteiger partial charge is 0.497 e. The molecular formula is C21H25BrN2O3. The zero-order valence-electron chi connectivity index (χ0n) is 16.0. The molecule has 0 heterocycles. The smallest absolute Gasteiger partial charge is 0.251 e. The lowest BCUT2D eigenvalue weighted by atomic mass is 10.0. The Balaban J connectivity index is 2.08. The van der Waals surface area contributed by atoms with Crippen LogP contribution in [-0.2, 0) is 4.79 Å². The number of methoxy groups -OCH3 is 1. The number of hydrogen-bond acceptors (Lipinski definition) is 3. The van der Waals surface area contributed by atoms with Gasteiger partial charge in [-0.2, -0.15) is 0 Å². The zero-order valence-corrected chi connectivity index (χ0v) is 17.5. The maximum atomic E-state index is 12.8. The summed E-state index contributed by atoms with van der Waals surface area (Å²) in [5, 5.41) is 5.83. The van der Waals surface area contributed by atoms with Crippen LogP contribution in [0.2, 0.25) is 0 Å². The summed E-state index contributed by atoms with van der Waals surface area (Å²) in [7, 11) is 1.57. The minimum atomic E-state index is -0.635. The van der Waals surface area contributed by atoms with E-state index in [0.717, 1.165) is 10.0 Å². The Kier molecular flexibility index (Phi) is 7.42. The third-order valence-electron chi connectivity index (χ3n) is 4.32. The van der Waals surface area contributed by atoms with E-state index < -0.39 is 6.04 Å². The van der Waals surface area contributed by atoms with E-state index in [1.165, 1.54) is 0 Å². The van der Waals surface area contributed by atoms with Gasteiger partial charge in [0.2, 0.25) is 5.91 Å². The first-order chi connectivity index (χ1) is 12.8. The molecule has 0 saturated heterocycles. The molecule has 2 unspecified atom stereocenters. The van der Waals surface area contributed by atoms with Crippen molar-refractivity contribution < 1.29 is 14.3 Å². The molecule has 2 amide bonds. The van der Waals surface area contributed by atoms with Gasteiger partial charge in [-0.1, -0.05) is 48.0 Å². The molecule has 0 bridgehead atoms. The van der Waals surface area contributed by atoms with Crippen molar-refractivity contribution in [2.75, 3.05) is 7.11 Å². The summed E-state index contributed by atoms with van der Waals surface area (Å²) in [6.07, 6.45) is 0. The molecule has 0 aliphatic rings.